The molecule has 1 fully saturated rings. The summed E-state index contributed by atoms with van der Waals surface area (Å²) in [5.74, 6) is -0.0218. The van der Waals surface area contributed by atoms with E-state index in [9.17, 15) is 9.59 Å². The Bertz CT molecular complexity index is 568. The quantitative estimate of drug-likeness (QED) is 0.840. The van der Waals surface area contributed by atoms with Crippen LogP contribution in [-0.2, 0) is 9.59 Å². The SMILES string of the molecule is CC(=O)N(CCC(=O)NC1CCCCC1)c1ccc(C)cc1Br. The molecule has 0 spiro atoms. The molecule has 1 aromatic rings. The molecule has 5 heteroatoms. The summed E-state index contributed by atoms with van der Waals surface area (Å²) < 4.78 is 0.875. The second-order valence-corrected chi connectivity index (χ2v) is 7.13. The van der Waals surface area contributed by atoms with Crippen LogP contribution < -0.4 is 10.2 Å². The van der Waals surface area contributed by atoms with Gasteiger partial charge in [0.25, 0.3) is 0 Å². The van der Waals surface area contributed by atoms with Gasteiger partial charge in [0.2, 0.25) is 11.8 Å². The molecule has 0 aliphatic heterocycles. The van der Waals surface area contributed by atoms with Crippen LogP contribution in [0.5, 0.6) is 0 Å². The molecule has 0 aromatic heterocycles. The van der Waals surface area contributed by atoms with Crippen molar-refractivity contribution in [3.63, 3.8) is 0 Å². The van der Waals surface area contributed by atoms with Gasteiger partial charge in [0.05, 0.1) is 5.69 Å². The first-order valence-electron chi connectivity index (χ1n) is 8.31. The summed E-state index contributed by atoms with van der Waals surface area (Å²) in [5, 5.41) is 3.10. The predicted molar refractivity (Wildman–Crippen MR) is 96.5 cm³/mol. The van der Waals surface area contributed by atoms with E-state index in [1.54, 1.807) is 4.90 Å². The number of halogens is 1. The summed E-state index contributed by atoms with van der Waals surface area (Å²) in [4.78, 5) is 25.8. The van der Waals surface area contributed by atoms with Gasteiger partial charge in [0.15, 0.2) is 0 Å². The van der Waals surface area contributed by atoms with Crippen LogP contribution in [0, 0.1) is 6.92 Å². The summed E-state index contributed by atoms with van der Waals surface area (Å²) in [6.45, 7) is 3.94. The van der Waals surface area contributed by atoms with Crippen molar-refractivity contribution in [1.29, 1.82) is 0 Å². The van der Waals surface area contributed by atoms with E-state index in [1.165, 1.54) is 26.2 Å². The maximum atomic E-state index is 12.1. The zero-order valence-corrected chi connectivity index (χ0v) is 15.5. The third-order valence-electron chi connectivity index (χ3n) is 4.31. The molecule has 1 aliphatic carbocycles. The van der Waals surface area contributed by atoms with Crippen LogP contribution in [0.15, 0.2) is 22.7 Å². The number of hydrogen-bond acceptors (Lipinski definition) is 2. The van der Waals surface area contributed by atoms with Crippen LogP contribution in [0.2, 0.25) is 0 Å². The second kappa shape index (κ2) is 8.48. The molecule has 2 rings (SSSR count). The average molecular weight is 381 g/mol. The summed E-state index contributed by atoms with van der Waals surface area (Å²) in [6.07, 6.45) is 6.14. The standard InChI is InChI=1S/C18H25BrN2O2/c1-13-8-9-17(16(19)12-13)21(14(2)22)11-10-18(23)20-15-6-4-3-5-7-15/h8-9,12,15H,3-7,10-11H2,1-2H3,(H,20,23). The van der Waals surface area contributed by atoms with Crippen molar-refractivity contribution in [1.82, 2.24) is 5.32 Å². The number of amides is 2. The molecule has 0 radical (unpaired) electrons. The van der Waals surface area contributed by atoms with Gasteiger partial charge in [0, 0.05) is 30.4 Å². The number of carbonyl (C=O) groups excluding carboxylic acids is 2. The first-order chi connectivity index (χ1) is 11.0. The first kappa shape index (κ1) is 18.0. The molecule has 0 unspecified atom stereocenters. The number of rotatable bonds is 5. The maximum absolute atomic E-state index is 12.1. The normalized spacial score (nSPS) is 15.3. The highest BCUT2D eigenvalue weighted by atomic mass is 79.9. The van der Waals surface area contributed by atoms with Gasteiger partial charge in [-0.25, -0.2) is 0 Å². The zero-order chi connectivity index (χ0) is 16.8. The highest BCUT2D eigenvalue weighted by molar-refractivity contribution is 9.10. The van der Waals surface area contributed by atoms with E-state index < -0.39 is 0 Å². The van der Waals surface area contributed by atoms with Crippen LogP contribution >= 0.6 is 15.9 Å². The predicted octanol–water partition coefficient (Wildman–Crippen LogP) is 3.95. The molecule has 23 heavy (non-hydrogen) atoms. The Labute approximate surface area is 146 Å². The van der Waals surface area contributed by atoms with Crippen molar-refractivity contribution in [2.45, 2.75) is 58.4 Å². The highest BCUT2D eigenvalue weighted by Crippen LogP contribution is 2.27. The number of nitrogens with zero attached hydrogens (tertiary/aromatic N) is 1. The molecular formula is C18H25BrN2O2. The Morgan fingerprint density at radius 1 is 1.26 bits per heavy atom. The van der Waals surface area contributed by atoms with E-state index in [4.69, 9.17) is 0 Å². The first-order valence-corrected chi connectivity index (χ1v) is 9.10. The van der Waals surface area contributed by atoms with Crippen LogP contribution in [0.25, 0.3) is 0 Å². The number of anilines is 1. The molecule has 0 bridgehead atoms. The number of hydrogen-bond donors (Lipinski definition) is 1. The van der Waals surface area contributed by atoms with Gasteiger partial charge in [-0.1, -0.05) is 25.3 Å². The number of nitrogens with one attached hydrogen (secondary N) is 1. The molecule has 0 saturated heterocycles. The average Bonchev–Trinajstić information content (AvgIpc) is 2.50. The van der Waals surface area contributed by atoms with Gasteiger partial charge < -0.3 is 10.2 Å². The van der Waals surface area contributed by atoms with Crippen molar-refractivity contribution in [2.75, 3.05) is 11.4 Å². The Kier molecular flexibility index (Phi) is 6.63. The second-order valence-electron chi connectivity index (χ2n) is 6.28. The van der Waals surface area contributed by atoms with E-state index in [0.717, 1.165) is 28.6 Å². The van der Waals surface area contributed by atoms with Gasteiger partial charge in [-0.3, -0.25) is 9.59 Å². The monoisotopic (exact) mass is 380 g/mol. The Balaban J connectivity index is 1.94. The molecule has 1 saturated carbocycles. The van der Waals surface area contributed by atoms with Crippen LogP contribution in [0.1, 0.15) is 51.0 Å². The summed E-state index contributed by atoms with van der Waals surface area (Å²) in [6, 6.07) is 6.18. The molecule has 1 aromatic carbocycles. The third-order valence-corrected chi connectivity index (χ3v) is 4.94. The van der Waals surface area contributed by atoms with Gasteiger partial charge >= 0.3 is 0 Å². The highest BCUT2D eigenvalue weighted by Gasteiger charge is 2.19. The molecule has 0 atom stereocenters. The van der Waals surface area contributed by atoms with Gasteiger partial charge in [0.1, 0.15) is 0 Å². The van der Waals surface area contributed by atoms with E-state index >= 15 is 0 Å². The maximum Gasteiger partial charge on any atom is 0.223 e. The largest absolute Gasteiger partial charge is 0.353 e. The summed E-state index contributed by atoms with van der Waals surface area (Å²) in [7, 11) is 0. The lowest BCUT2D eigenvalue weighted by Crippen LogP contribution is -2.39. The summed E-state index contributed by atoms with van der Waals surface area (Å²) >= 11 is 3.51. The van der Waals surface area contributed by atoms with E-state index in [1.807, 2.05) is 25.1 Å². The minimum absolute atomic E-state index is 0.0337. The zero-order valence-electron chi connectivity index (χ0n) is 13.9. The fourth-order valence-corrected chi connectivity index (χ4v) is 3.75. The topological polar surface area (TPSA) is 49.4 Å². The fourth-order valence-electron chi connectivity index (χ4n) is 3.04. The van der Waals surface area contributed by atoms with Crippen molar-refractivity contribution >= 4 is 33.4 Å². The minimum Gasteiger partial charge on any atom is -0.353 e. The van der Waals surface area contributed by atoms with Gasteiger partial charge in [-0.15, -0.1) is 0 Å². The molecular weight excluding hydrogens is 356 g/mol. The molecule has 2 amide bonds. The van der Waals surface area contributed by atoms with Crippen molar-refractivity contribution < 1.29 is 9.59 Å². The number of benzene rings is 1. The molecule has 126 valence electrons. The minimum atomic E-state index is -0.0555. The molecule has 0 heterocycles. The van der Waals surface area contributed by atoms with Crippen LogP contribution in [0.4, 0.5) is 5.69 Å². The lowest BCUT2D eigenvalue weighted by Gasteiger charge is -2.25. The van der Waals surface area contributed by atoms with E-state index in [-0.39, 0.29) is 11.8 Å². The van der Waals surface area contributed by atoms with E-state index in [0.29, 0.717) is 19.0 Å². The Morgan fingerprint density at radius 2 is 1.96 bits per heavy atom. The third kappa shape index (κ3) is 5.34. The molecule has 4 nitrogen and oxygen atoms in total. The lowest BCUT2D eigenvalue weighted by molar-refractivity contribution is -0.121. The lowest BCUT2D eigenvalue weighted by atomic mass is 9.95. The number of aryl methyl sites for hydroxylation is 1. The molecule has 1 aliphatic rings. The Hall–Kier alpha value is -1.36. The fraction of sp³-hybridized carbons (Fsp3) is 0.556. The van der Waals surface area contributed by atoms with Crippen LogP contribution in [0.3, 0.4) is 0 Å². The Morgan fingerprint density at radius 3 is 2.57 bits per heavy atom. The summed E-state index contributed by atoms with van der Waals surface area (Å²) in [5.41, 5.74) is 1.94. The van der Waals surface area contributed by atoms with Crippen molar-refractivity contribution in [3.8, 4) is 0 Å². The smallest absolute Gasteiger partial charge is 0.223 e. The van der Waals surface area contributed by atoms with Gasteiger partial charge in [-0.05, 0) is 53.4 Å². The van der Waals surface area contributed by atoms with Crippen molar-refractivity contribution in [3.05, 3.63) is 28.2 Å². The van der Waals surface area contributed by atoms with Crippen molar-refractivity contribution in [2.24, 2.45) is 0 Å². The van der Waals surface area contributed by atoms with Crippen LogP contribution in [-0.4, -0.2) is 24.4 Å². The van der Waals surface area contributed by atoms with E-state index in [2.05, 4.69) is 21.2 Å². The molecule has 1 N–H and O–H groups in total. The van der Waals surface area contributed by atoms with Gasteiger partial charge in [-0.2, -0.15) is 0 Å². The number of carbonyl (C=O) groups is 2.